The highest BCUT2D eigenvalue weighted by molar-refractivity contribution is 6.07. The van der Waals surface area contributed by atoms with Crippen LogP contribution in [0.5, 0.6) is 0 Å². The van der Waals surface area contributed by atoms with E-state index in [4.69, 9.17) is 4.42 Å². The Hall–Kier alpha value is -2.93. The van der Waals surface area contributed by atoms with E-state index in [1.807, 2.05) is 37.1 Å². The second-order valence-corrected chi connectivity index (χ2v) is 8.52. The van der Waals surface area contributed by atoms with Gasteiger partial charge in [-0.2, -0.15) is 5.10 Å². The van der Waals surface area contributed by atoms with Gasteiger partial charge in [-0.25, -0.2) is 5.43 Å². The number of carbonyl (C=O) groups is 2. The fourth-order valence-corrected chi connectivity index (χ4v) is 4.46. The van der Waals surface area contributed by atoms with Crippen LogP contribution in [0.1, 0.15) is 63.5 Å². The third-order valence-electron chi connectivity index (χ3n) is 6.40. The van der Waals surface area contributed by atoms with Gasteiger partial charge in [0.2, 0.25) is 0 Å². The predicted molar refractivity (Wildman–Crippen MR) is 119 cm³/mol. The summed E-state index contributed by atoms with van der Waals surface area (Å²) in [6.45, 7) is 3.90. The third-order valence-corrected chi connectivity index (χ3v) is 6.40. The number of amides is 2. The summed E-state index contributed by atoms with van der Waals surface area (Å²) in [5.41, 5.74) is 5.68. The Bertz CT molecular complexity index is 988. The van der Waals surface area contributed by atoms with E-state index in [1.54, 1.807) is 12.1 Å². The van der Waals surface area contributed by atoms with Crippen LogP contribution in [-0.2, 0) is 6.42 Å². The van der Waals surface area contributed by atoms with Crippen LogP contribution in [0.3, 0.4) is 0 Å². The SMILES string of the molecule is Cc1c(C(=O)N(C)C2CCN(C)CC2)oc2c1/C(=N/NC(=O)c1ccccc1)CCC2. The molecule has 1 aromatic heterocycles. The lowest BCUT2D eigenvalue weighted by atomic mass is 9.93. The van der Waals surface area contributed by atoms with E-state index in [0.29, 0.717) is 11.3 Å². The third kappa shape index (κ3) is 4.42. The number of benzene rings is 1. The zero-order valence-electron chi connectivity index (χ0n) is 18.5. The Morgan fingerprint density at radius 2 is 1.87 bits per heavy atom. The van der Waals surface area contributed by atoms with Crippen molar-refractivity contribution in [2.75, 3.05) is 27.2 Å². The first-order valence-electron chi connectivity index (χ1n) is 11.0. The summed E-state index contributed by atoms with van der Waals surface area (Å²) in [5, 5.41) is 4.40. The van der Waals surface area contributed by atoms with Gasteiger partial charge in [-0.3, -0.25) is 9.59 Å². The molecule has 1 aliphatic heterocycles. The Morgan fingerprint density at radius 3 is 2.58 bits per heavy atom. The molecule has 2 aliphatic rings. The molecule has 1 saturated heterocycles. The van der Waals surface area contributed by atoms with Crippen molar-refractivity contribution in [3.8, 4) is 0 Å². The molecule has 0 bridgehead atoms. The van der Waals surface area contributed by atoms with Crippen LogP contribution in [0.25, 0.3) is 0 Å². The number of nitrogens with zero attached hydrogens (tertiary/aromatic N) is 3. The molecule has 0 spiro atoms. The van der Waals surface area contributed by atoms with Crippen molar-refractivity contribution in [2.45, 2.75) is 45.1 Å². The van der Waals surface area contributed by atoms with E-state index in [-0.39, 0.29) is 17.9 Å². The zero-order valence-corrected chi connectivity index (χ0v) is 18.5. The zero-order chi connectivity index (χ0) is 22.0. The van der Waals surface area contributed by atoms with Crippen LogP contribution in [0.2, 0.25) is 0 Å². The van der Waals surface area contributed by atoms with Crippen LogP contribution >= 0.6 is 0 Å². The van der Waals surface area contributed by atoms with Crippen LogP contribution < -0.4 is 5.43 Å². The average Bonchev–Trinajstić information content (AvgIpc) is 3.14. The van der Waals surface area contributed by atoms with Gasteiger partial charge in [0.05, 0.1) is 5.71 Å². The van der Waals surface area contributed by atoms with Gasteiger partial charge in [-0.05, 0) is 64.9 Å². The Labute approximate surface area is 183 Å². The van der Waals surface area contributed by atoms with Crippen molar-refractivity contribution < 1.29 is 14.0 Å². The van der Waals surface area contributed by atoms with E-state index >= 15 is 0 Å². The highest BCUT2D eigenvalue weighted by atomic mass is 16.4. The molecule has 1 fully saturated rings. The Morgan fingerprint density at radius 1 is 1.16 bits per heavy atom. The minimum Gasteiger partial charge on any atom is -0.455 e. The van der Waals surface area contributed by atoms with Crippen molar-refractivity contribution in [3.63, 3.8) is 0 Å². The summed E-state index contributed by atoms with van der Waals surface area (Å²) in [7, 11) is 3.98. The number of nitrogens with one attached hydrogen (secondary N) is 1. The van der Waals surface area contributed by atoms with Crippen LogP contribution in [-0.4, -0.2) is 60.6 Å². The molecule has 0 unspecified atom stereocenters. The number of aryl methyl sites for hydroxylation is 1. The molecule has 2 heterocycles. The largest absolute Gasteiger partial charge is 0.455 e. The quantitative estimate of drug-likeness (QED) is 0.768. The summed E-state index contributed by atoms with van der Waals surface area (Å²) in [6, 6.07) is 9.23. The number of hydrogen-bond donors (Lipinski definition) is 1. The molecule has 4 rings (SSSR count). The normalized spacial score (nSPS) is 18.6. The molecule has 1 aromatic carbocycles. The maximum absolute atomic E-state index is 13.2. The van der Waals surface area contributed by atoms with Crippen molar-refractivity contribution in [2.24, 2.45) is 5.10 Å². The van der Waals surface area contributed by atoms with Gasteiger partial charge in [0.1, 0.15) is 5.76 Å². The summed E-state index contributed by atoms with van der Waals surface area (Å²) in [4.78, 5) is 29.7. The summed E-state index contributed by atoms with van der Waals surface area (Å²) < 4.78 is 6.06. The smallest absolute Gasteiger partial charge is 0.289 e. The first-order valence-corrected chi connectivity index (χ1v) is 11.0. The van der Waals surface area contributed by atoms with Crippen molar-refractivity contribution in [1.29, 1.82) is 0 Å². The first-order chi connectivity index (χ1) is 15.0. The fraction of sp³-hybridized carbons (Fsp3) is 0.458. The molecule has 0 radical (unpaired) electrons. The maximum atomic E-state index is 13.2. The maximum Gasteiger partial charge on any atom is 0.289 e. The van der Waals surface area contributed by atoms with Gasteiger partial charge in [0.15, 0.2) is 5.76 Å². The topological polar surface area (TPSA) is 78.2 Å². The second kappa shape index (κ2) is 9.06. The number of hydrazone groups is 1. The highest BCUT2D eigenvalue weighted by Crippen LogP contribution is 2.31. The molecular formula is C24H30N4O3. The van der Waals surface area contributed by atoms with Crippen LogP contribution in [0.4, 0.5) is 0 Å². The lowest BCUT2D eigenvalue weighted by Crippen LogP contribution is -2.44. The summed E-state index contributed by atoms with van der Waals surface area (Å²) >= 11 is 0. The minimum absolute atomic E-state index is 0.0749. The lowest BCUT2D eigenvalue weighted by molar-refractivity contribution is 0.0625. The number of piperidine rings is 1. The second-order valence-electron chi connectivity index (χ2n) is 8.52. The molecule has 2 aromatic rings. The molecule has 0 saturated carbocycles. The Balaban J connectivity index is 1.54. The number of fused-ring (bicyclic) bond motifs is 1. The molecule has 1 aliphatic carbocycles. The van der Waals surface area contributed by atoms with E-state index in [1.165, 1.54) is 0 Å². The molecule has 2 amide bonds. The molecule has 164 valence electrons. The highest BCUT2D eigenvalue weighted by Gasteiger charge is 2.32. The van der Waals surface area contributed by atoms with Gasteiger partial charge in [-0.15, -0.1) is 0 Å². The van der Waals surface area contributed by atoms with E-state index in [2.05, 4.69) is 22.5 Å². The molecule has 7 heteroatoms. The van der Waals surface area contributed by atoms with Crippen LogP contribution in [0.15, 0.2) is 39.9 Å². The first kappa shape index (κ1) is 21.3. The molecule has 1 N–H and O–H groups in total. The molecule has 7 nitrogen and oxygen atoms in total. The molecule has 0 atom stereocenters. The Kier molecular flexibility index (Phi) is 6.23. The number of carbonyl (C=O) groups excluding carboxylic acids is 2. The monoisotopic (exact) mass is 422 g/mol. The number of furan rings is 1. The van der Waals surface area contributed by atoms with Gasteiger partial charge >= 0.3 is 0 Å². The number of hydrogen-bond acceptors (Lipinski definition) is 5. The average molecular weight is 423 g/mol. The van der Waals surface area contributed by atoms with Crippen molar-refractivity contribution >= 4 is 17.5 Å². The standard InChI is InChI=1S/C24H30N4O3/c1-16-21-19(25-26-23(29)17-8-5-4-6-9-17)10-7-11-20(21)31-22(16)24(30)28(3)18-12-14-27(2)15-13-18/h4-6,8-9,18H,7,10-15H2,1-3H3,(H,26,29)/b25-19+. The van der Waals surface area contributed by atoms with Gasteiger partial charge < -0.3 is 14.2 Å². The van der Waals surface area contributed by atoms with Gasteiger partial charge in [-0.1, -0.05) is 18.2 Å². The van der Waals surface area contributed by atoms with Crippen molar-refractivity contribution in [1.82, 2.24) is 15.2 Å². The number of rotatable bonds is 4. The molecule has 31 heavy (non-hydrogen) atoms. The van der Waals surface area contributed by atoms with Crippen LogP contribution in [0, 0.1) is 6.92 Å². The number of likely N-dealkylation sites (tertiary alicyclic amines) is 1. The van der Waals surface area contributed by atoms with E-state index in [0.717, 1.165) is 67.8 Å². The van der Waals surface area contributed by atoms with E-state index in [9.17, 15) is 9.59 Å². The lowest BCUT2D eigenvalue weighted by Gasteiger charge is -2.34. The minimum atomic E-state index is -0.250. The predicted octanol–water partition coefficient (Wildman–Crippen LogP) is 3.22. The fourth-order valence-electron chi connectivity index (χ4n) is 4.46. The summed E-state index contributed by atoms with van der Waals surface area (Å²) in [6.07, 6.45) is 4.32. The van der Waals surface area contributed by atoms with Gasteiger partial charge in [0, 0.05) is 36.2 Å². The summed E-state index contributed by atoms with van der Waals surface area (Å²) in [5.74, 6) is 0.862. The van der Waals surface area contributed by atoms with E-state index < -0.39 is 0 Å². The molecular weight excluding hydrogens is 392 g/mol. The van der Waals surface area contributed by atoms with Crippen molar-refractivity contribution in [3.05, 3.63) is 58.5 Å². The van der Waals surface area contributed by atoms with Gasteiger partial charge in [0.25, 0.3) is 11.8 Å².